The Morgan fingerprint density at radius 2 is 1.94 bits per heavy atom. The van der Waals surface area contributed by atoms with Crippen molar-refractivity contribution >= 4 is 64.0 Å². The first-order valence-corrected chi connectivity index (χ1v) is 6.37. The number of hydrogen-bond donors (Lipinski definition) is 0. The Kier molecular flexibility index (Phi) is 3.13. The second-order valence-corrected chi connectivity index (χ2v) is 6.63. The van der Waals surface area contributed by atoms with Gasteiger partial charge in [0.2, 0.25) is 0 Å². The van der Waals surface area contributed by atoms with E-state index in [4.69, 9.17) is 58.0 Å². The monoisotopic (exact) mass is 322 g/mol. The van der Waals surface area contributed by atoms with E-state index in [1.807, 2.05) is 0 Å². The molecule has 0 radical (unpaired) electrons. The lowest BCUT2D eigenvalue weighted by atomic mass is 9.92. The van der Waals surface area contributed by atoms with Gasteiger partial charge in [0.05, 0.1) is 18.1 Å². The van der Waals surface area contributed by atoms with Gasteiger partial charge in [-0.05, 0) is 6.42 Å². The first-order chi connectivity index (χ1) is 7.28. The molecule has 2 aliphatic rings. The Morgan fingerprint density at radius 3 is 2.31 bits per heavy atom. The first kappa shape index (κ1) is 13.1. The number of esters is 1. The zero-order chi connectivity index (χ0) is 12.3. The molecule has 2 nitrogen and oxygen atoms in total. The van der Waals surface area contributed by atoms with Crippen LogP contribution in [0.1, 0.15) is 6.42 Å². The van der Waals surface area contributed by atoms with Crippen LogP contribution in [0.4, 0.5) is 0 Å². The van der Waals surface area contributed by atoms with E-state index in [1.165, 1.54) is 7.11 Å². The van der Waals surface area contributed by atoms with Gasteiger partial charge in [0.1, 0.15) is 4.87 Å². The summed E-state index contributed by atoms with van der Waals surface area (Å²) >= 11 is 30.7. The van der Waals surface area contributed by atoms with Gasteiger partial charge in [-0.25, -0.2) is 0 Å². The average molecular weight is 324 g/mol. The fourth-order valence-corrected chi connectivity index (χ4v) is 4.65. The molecule has 2 aliphatic carbocycles. The highest BCUT2D eigenvalue weighted by Crippen LogP contribution is 2.70. The van der Waals surface area contributed by atoms with Crippen LogP contribution in [0.3, 0.4) is 0 Å². The van der Waals surface area contributed by atoms with Crippen LogP contribution < -0.4 is 0 Å². The van der Waals surface area contributed by atoms with E-state index in [0.717, 1.165) is 0 Å². The molecule has 0 N–H and O–H groups in total. The molecular weight excluding hydrogens is 317 g/mol. The van der Waals surface area contributed by atoms with Crippen molar-refractivity contribution in [3.05, 3.63) is 10.1 Å². The summed E-state index contributed by atoms with van der Waals surface area (Å²) in [6.45, 7) is 0. The molecule has 2 bridgehead atoms. The highest BCUT2D eigenvalue weighted by Gasteiger charge is 2.73. The molecule has 0 saturated heterocycles. The highest BCUT2D eigenvalue weighted by molar-refractivity contribution is 6.60. The molecule has 0 aromatic heterocycles. The molecular formula is C9H7Cl5O2. The minimum Gasteiger partial charge on any atom is -0.469 e. The molecule has 0 heterocycles. The van der Waals surface area contributed by atoms with Gasteiger partial charge < -0.3 is 4.74 Å². The summed E-state index contributed by atoms with van der Waals surface area (Å²) in [6.07, 6.45) is 0.345. The van der Waals surface area contributed by atoms with E-state index in [-0.39, 0.29) is 5.03 Å². The third-order valence-electron chi connectivity index (χ3n) is 3.20. The number of carbonyl (C=O) groups excluding carboxylic acids is 1. The maximum atomic E-state index is 11.6. The standard InChI is InChI=1S/C9H7Cl5O2/c1-16-7(15)4-2-3-5(10)6(11)8(4,12)9(3,13)14/h3-4H,2H2,1H3. The summed E-state index contributed by atoms with van der Waals surface area (Å²) in [6, 6.07) is 0. The lowest BCUT2D eigenvalue weighted by Crippen LogP contribution is -2.43. The largest absolute Gasteiger partial charge is 0.469 e. The van der Waals surface area contributed by atoms with E-state index < -0.39 is 27.0 Å². The molecule has 90 valence electrons. The number of carbonyl (C=O) groups is 1. The number of alkyl halides is 3. The first-order valence-electron chi connectivity index (χ1n) is 4.48. The molecule has 1 fully saturated rings. The van der Waals surface area contributed by atoms with E-state index >= 15 is 0 Å². The van der Waals surface area contributed by atoms with Gasteiger partial charge in [-0.15, -0.1) is 11.6 Å². The van der Waals surface area contributed by atoms with Crippen LogP contribution in [0.15, 0.2) is 10.1 Å². The van der Waals surface area contributed by atoms with Crippen LogP contribution in [-0.4, -0.2) is 22.3 Å². The Bertz CT molecular complexity index is 391. The molecule has 0 aromatic carbocycles. The maximum absolute atomic E-state index is 11.6. The molecule has 3 unspecified atom stereocenters. The number of rotatable bonds is 1. The highest BCUT2D eigenvalue weighted by atomic mass is 35.5. The number of methoxy groups -OCH3 is 1. The van der Waals surface area contributed by atoms with E-state index in [2.05, 4.69) is 4.74 Å². The predicted molar refractivity (Wildman–Crippen MR) is 65.4 cm³/mol. The summed E-state index contributed by atoms with van der Waals surface area (Å²) in [5.74, 6) is -1.58. The Morgan fingerprint density at radius 1 is 1.38 bits per heavy atom. The summed E-state index contributed by atoms with van der Waals surface area (Å²) in [7, 11) is 1.28. The van der Waals surface area contributed by atoms with Crippen molar-refractivity contribution in [2.45, 2.75) is 15.6 Å². The van der Waals surface area contributed by atoms with Crippen LogP contribution in [0.25, 0.3) is 0 Å². The second-order valence-electron chi connectivity index (χ2n) is 3.86. The third-order valence-corrected chi connectivity index (χ3v) is 6.41. The summed E-state index contributed by atoms with van der Waals surface area (Å²) in [4.78, 5) is 10.2. The van der Waals surface area contributed by atoms with Gasteiger partial charge in [-0.1, -0.05) is 46.4 Å². The molecule has 7 heteroatoms. The molecule has 0 aromatic rings. The molecule has 0 amide bonds. The summed E-state index contributed by atoms with van der Waals surface area (Å²) in [5, 5.41) is 0.481. The zero-order valence-electron chi connectivity index (χ0n) is 8.07. The summed E-state index contributed by atoms with van der Waals surface area (Å²) in [5.41, 5.74) is 0. The molecule has 2 rings (SSSR count). The maximum Gasteiger partial charge on any atom is 0.310 e. The van der Waals surface area contributed by atoms with Crippen molar-refractivity contribution in [1.82, 2.24) is 0 Å². The minimum atomic E-state index is -1.38. The van der Waals surface area contributed by atoms with Gasteiger partial charge in [0.15, 0.2) is 4.33 Å². The minimum absolute atomic E-state index is 0.146. The van der Waals surface area contributed by atoms with Crippen molar-refractivity contribution in [2.75, 3.05) is 7.11 Å². The van der Waals surface area contributed by atoms with Crippen molar-refractivity contribution in [3.8, 4) is 0 Å². The quantitative estimate of drug-likeness (QED) is 0.544. The van der Waals surface area contributed by atoms with Gasteiger partial charge in [0, 0.05) is 11.0 Å². The molecule has 0 spiro atoms. The van der Waals surface area contributed by atoms with Gasteiger partial charge in [0.25, 0.3) is 0 Å². The third kappa shape index (κ3) is 1.31. The van der Waals surface area contributed by atoms with Crippen molar-refractivity contribution in [1.29, 1.82) is 0 Å². The number of ether oxygens (including phenoxy) is 1. The van der Waals surface area contributed by atoms with E-state index in [1.54, 1.807) is 0 Å². The topological polar surface area (TPSA) is 26.3 Å². The van der Waals surface area contributed by atoms with Crippen LogP contribution in [0.5, 0.6) is 0 Å². The Balaban J connectivity index is 2.51. The van der Waals surface area contributed by atoms with Crippen LogP contribution in [-0.2, 0) is 9.53 Å². The smallest absolute Gasteiger partial charge is 0.310 e. The lowest BCUT2D eigenvalue weighted by Gasteiger charge is -2.31. The Hall–Kier alpha value is 0.660. The lowest BCUT2D eigenvalue weighted by molar-refractivity contribution is -0.145. The van der Waals surface area contributed by atoms with Crippen LogP contribution >= 0.6 is 58.0 Å². The number of hydrogen-bond acceptors (Lipinski definition) is 2. The zero-order valence-corrected chi connectivity index (χ0v) is 11.8. The number of allylic oxidation sites excluding steroid dienone is 2. The van der Waals surface area contributed by atoms with E-state index in [9.17, 15) is 4.79 Å². The van der Waals surface area contributed by atoms with Crippen molar-refractivity contribution in [3.63, 3.8) is 0 Å². The van der Waals surface area contributed by atoms with Gasteiger partial charge >= 0.3 is 5.97 Å². The van der Waals surface area contributed by atoms with Crippen LogP contribution in [0.2, 0.25) is 0 Å². The SMILES string of the molecule is COC(=O)C1CC2C(Cl)=C(Cl)C1(Cl)C2(Cl)Cl. The number of fused-ring (bicyclic) bond motifs is 2. The fraction of sp³-hybridized carbons (Fsp3) is 0.667. The van der Waals surface area contributed by atoms with Gasteiger partial charge in [-0.2, -0.15) is 0 Å². The molecule has 1 saturated carbocycles. The molecule has 0 aliphatic heterocycles. The van der Waals surface area contributed by atoms with E-state index in [0.29, 0.717) is 11.5 Å². The Labute approximate surface area is 118 Å². The molecule has 16 heavy (non-hydrogen) atoms. The average Bonchev–Trinajstić information content (AvgIpc) is 2.51. The normalized spacial score (nSPS) is 40.4. The van der Waals surface area contributed by atoms with Gasteiger partial charge in [-0.3, -0.25) is 4.79 Å². The van der Waals surface area contributed by atoms with Crippen molar-refractivity contribution < 1.29 is 9.53 Å². The second kappa shape index (κ2) is 3.83. The molecule has 3 atom stereocenters. The fourth-order valence-electron chi connectivity index (χ4n) is 2.32. The number of halogens is 5. The summed E-state index contributed by atoms with van der Waals surface area (Å²) < 4.78 is 3.29. The van der Waals surface area contributed by atoms with Crippen LogP contribution in [0, 0.1) is 11.8 Å². The van der Waals surface area contributed by atoms with Crippen molar-refractivity contribution in [2.24, 2.45) is 11.8 Å². The predicted octanol–water partition coefficient (Wildman–Crippen LogP) is 3.65.